The van der Waals surface area contributed by atoms with Crippen molar-refractivity contribution in [3.8, 4) is 0 Å². The number of aryl methyl sites for hydroxylation is 1. The van der Waals surface area contributed by atoms with Crippen molar-refractivity contribution < 1.29 is 4.79 Å². The summed E-state index contributed by atoms with van der Waals surface area (Å²) in [4.78, 5) is 16.8. The van der Waals surface area contributed by atoms with Crippen molar-refractivity contribution in [3.63, 3.8) is 0 Å². The van der Waals surface area contributed by atoms with E-state index in [1.807, 2.05) is 4.68 Å². The van der Waals surface area contributed by atoms with Crippen LogP contribution < -0.4 is 10.6 Å². The highest BCUT2D eigenvalue weighted by atomic mass is 35.5. The van der Waals surface area contributed by atoms with Gasteiger partial charge < -0.3 is 10.6 Å². The summed E-state index contributed by atoms with van der Waals surface area (Å²) < 4.78 is 1.85. The zero-order valence-corrected chi connectivity index (χ0v) is 16.2. The average Bonchev–Trinajstić information content (AvgIpc) is 3.17. The third-order valence-electron chi connectivity index (χ3n) is 5.00. The van der Waals surface area contributed by atoms with Crippen LogP contribution in [0.3, 0.4) is 0 Å². The average molecular weight is 378 g/mol. The fourth-order valence-corrected chi connectivity index (χ4v) is 3.48. The van der Waals surface area contributed by atoms with E-state index in [1.165, 1.54) is 5.56 Å². The van der Waals surface area contributed by atoms with Gasteiger partial charge in [0.2, 0.25) is 5.91 Å². The Bertz CT molecular complexity index is 668. The molecule has 26 heavy (non-hydrogen) atoms. The minimum atomic E-state index is -0.0567. The van der Waals surface area contributed by atoms with E-state index in [1.54, 1.807) is 12.7 Å². The van der Waals surface area contributed by atoms with E-state index in [-0.39, 0.29) is 36.3 Å². The van der Waals surface area contributed by atoms with E-state index in [2.05, 4.69) is 58.8 Å². The molecule has 0 spiro atoms. The fourth-order valence-electron chi connectivity index (χ4n) is 3.48. The molecule has 2 atom stereocenters. The lowest BCUT2D eigenvalue weighted by molar-refractivity contribution is -0.126. The molecule has 7 heteroatoms. The largest absolute Gasteiger partial charge is 0.351 e. The quantitative estimate of drug-likeness (QED) is 0.811. The number of halogens is 1. The van der Waals surface area contributed by atoms with Gasteiger partial charge >= 0.3 is 0 Å². The number of carbonyl (C=O) groups is 1. The minimum Gasteiger partial charge on any atom is -0.351 e. The van der Waals surface area contributed by atoms with E-state index in [0.717, 1.165) is 37.9 Å². The molecule has 2 aromatic rings. The first kappa shape index (κ1) is 20.4. The lowest BCUT2D eigenvalue weighted by Gasteiger charge is -2.30. The van der Waals surface area contributed by atoms with Gasteiger partial charge in [-0.3, -0.25) is 4.79 Å². The first-order valence-electron chi connectivity index (χ1n) is 9.10. The van der Waals surface area contributed by atoms with Crippen LogP contribution in [0.15, 0.2) is 36.9 Å². The summed E-state index contributed by atoms with van der Waals surface area (Å²) in [5.74, 6) is 0.260. The van der Waals surface area contributed by atoms with Gasteiger partial charge in [0.05, 0.1) is 12.1 Å². The number of rotatable bonds is 6. The predicted molar refractivity (Wildman–Crippen MR) is 104 cm³/mol. The number of nitrogens with one attached hydrogen (secondary N) is 2. The summed E-state index contributed by atoms with van der Waals surface area (Å²) in [6.45, 7) is 6.01. The molecule has 2 N–H and O–H groups in total. The Morgan fingerprint density at radius 2 is 2.00 bits per heavy atom. The highest BCUT2D eigenvalue weighted by molar-refractivity contribution is 5.85. The van der Waals surface area contributed by atoms with Crippen LogP contribution in [0, 0.1) is 12.8 Å². The van der Waals surface area contributed by atoms with Gasteiger partial charge in [-0.2, -0.15) is 5.10 Å². The van der Waals surface area contributed by atoms with Gasteiger partial charge in [0.1, 0.15) is 12.7 Å². The van der Waals surface area contributed by atoms with E-state index in [4.69, 9.17) is 0 Å². The summed E-state index contributed by atoms with van der Waals surface area (Å²) >= 11 is 0. The summed E-state index contributed by atoms with van der Waals surface area (Å²) in [5, 5.41) is 10.9. The number of nitrogens with zero attached hydrogens (tertiary/aromatic N) is 3. The Morgan fingerprint density at radius 1 is 1.31 bits per heavy atom. The van der Waals surface area contributed by atoms with Crippen LogP contribution in [0.25, 0.3) is 0 Å². The van der Waals surface area contributed by atoms with Crippen molar-refractivity contribution in [2.75, 3.05) is 13.1 Å². The molecule has 2 unspecified atom stereocenters. The molecular formula is C19H28ClN5O. The highest BCUT2D eigenvalue weighted by Gasteiger charge is 2.29. The Labute approximate surface area is 161 Å². The summed E-state index contributed by atoms with van der Waals surface area (Å²) in [6, 6.07) is 8.34. The Hall–Kier alpha value is -1.92. The monoisotopic (exact) mass is 377 g/mol. The molecule has 0 bridgehead atoms. The van der Waals surface area contributed by atoms with Crippen LogP contribution in [0.4, 0.5) is 0 Å². The molecule has 2 heterocycles. The molecule has 0 saturated carbocycles. The number of benzene rings is 1. The first-order valence-corrected chi connectivity index (χ1v) is 9.10. The SMILES string of the molecule is CCC(NC(=O)C1CCNCC1)C(c1ccc(C)cc1)n1cncn1.Cl. The zero-order chi connectivity index (χ0) is 17.6. The molecule has 1 saturated heterocycles. The van der Waals surface area contributed by atoms with Gasteiger partial charge in [-0.25, -0.2) is 9.67 Å². The number of hydrogen-bond acceptors (Lipinski definition) is 4. The Morgan fingerprint density at radius 3 is 2.58 bits per heavy atom. The van der Waals surface area contributed by atoms with Gasteiger partial charge in [0, 0.05) is 5.92 Å². The van der Waals surface area contributed by atoms with Crippen molar-refractivity contribution in [2.45, 2.75) is 45.2 Å². The maximum absolute atomic E-state index is 12.7. The second-order valence-corrected chi connectivity index (χ2v) is 6.78. The lowest BCUT2D eigenvalue weighted by atomic mass is 9.93. The first-order chi connectivity index (χ1) is 12.2. The zero-order valence-electron chi connectivity index (χ0n) is 15.4. The maximum atomic E-state index is 12.7. The lowest BCUT2D eigenvalue weighted by Crippen LogP contribution is -2.46. The predicted octanol–water partition coefficient (Wildman–Crippen LogP) is 2.49. The van der Waals surface area contributed by atoms with Crippen LogP contribution in [-0.4, -0.2) is 39.8 Å². The molecule has 1 aromatic carbocycles. The van der Waals surface area contributed by atoms with Gasteiger partial charge in [-0.1, -0.05) is 36.8 Å². The van der Waals surface area contributed by atoms with E-state index >= 15 is 0 Å². The van der Waals surface area contributed by atoms with Crippen molar-refractivity contribution in [1.82, 2.24) is 25.4 Å². The molecule has 142 valence electrons. The number of piperidine rings is 1. The van der Waals surface area contributed by atoms with Gasteiger partial charge in [-0.15, -0.1) is 12.4 Å². The second-order valence-electron chi connectivity index (χ2n) is 6.78. The molecule has 1 aromatic heterocycles. The third kappa shape index (κ3) is 4.83. The van der Waals surface area contributed by atoms with Crippen LogP contribution >= 0.6 is 12.4 Å². The normalized spacial score (nSPS) is 17.2. The van der Waals surface area contributed by atoms with Crippen LogP contribution in [0.1, 0.15) is 43.4 Å². The molecule has 1 aliphatic rings. The van der Waals surface area contributed by atoms with Crippen molar-refractivity contribution in [2.24, 2.45) is 5.92 Å². The van der Waals surface area contributed by atoms with Crippen LogP contribution in [0.5, 0.6) is 0 Å². The maximum Gasteiger partial charge on any atom is 0.223 e. The smallest absolute Gasteiger partial charge is 0.223 e. The van der Waals surface area contributed by atoms with E-state index in [0.29, 0.717) is 0 Å². The van der Waals surface area contributed by atoms with Crippen LogP contribution in [0.2, 0.25) is 0 Å². The van der Waals surface area contributed by atoms with Crippen LogP contribution in [-0.2, 0) is 4.79 Å². The molecule has 0 aliphatic carbocycles. The number of amides is 1. The minimum absolute atomic E-state index is 0. The van der Waals surface area contributed by atoms with Crippen molar-refractivity contribution >= 4 is 18.3 Å². The number of carbonyl (C=O) groups excluding carboxylic acids is 1. The molecule has 1 fully saturated rings. The molecule has 1 aliphatic heterocycles. The second kappa shape index (κ2) is 9.69. The van der Waals surface area contributed by atoms with Gasteiger partial charge in [0.25, 0.3) is 0 Å². The Kier molecular flexibility index (Phi) is 7.60. The standard InChI is InChI=1S/C19H27N5O.ClH/c1-3-17(23-19(25)16-8-10-20-11-9-16)18(24-13-21-12-22-24)15-6-4-14(2)5-7-15;/h4-7,12-13,16-18,20H,3,8-11H2,1-2H3,(H,23,25);1H. The molecule has 6 nitrogen and oxygen atoms in total. The summed E-state index contributed by atoms with van der Waals surface area (Å²) in [6.07, 6.45) is 5.91. The van der Waals surface area contributed by atoms with Crippen molar-refractivity contribution in [3.05, 3.63) is 48.0 Å². The summed E-state index contributed by atoms with van der Waals surface area (Å²) in [5.41, 5.74) is 2.35. The topological polar surface area (TPSA) is 71.8 Å². The van der Waals surface area contributed by atoms with E-state index in [9.17, 15) is 4.79 Å². The van der Waals surface area contributed by atoms with Gasteiger partial charge in [0.15, 0.2) is 0 Å². The number of hydrogen-bond donors (Lipinski definition) is 2. The molecular weight excluding hydrogens is 350 g/mol. The number of aromatic nitrogens is 3. The molecule has 1 amide bonds. The third-order valence-corrected chi connectivity index (χ3v) is 5.00. The molecule has 0 radical (unpaired) electrons. The summed E-state index contributed by atoms with van der Waals surface area (Å²) in [7, 11) is 0. The van der Waals surface area contributed by atoms with E-state index < -0.39 is 0 Å². The highest BCUT2D eigenvalue weighted by Crippen LogP contribution is 2.24. The van der Waals surface area contributed by atoms with Crippen molar-refractivity contribution in [1.29, 1.82) is 0 Å². The fraction of sp³-hybridized carbons (Fsp3) is 0.526. The van der Waals surface area contributed by atoms with Gasteiger partial charge in [-0.05, 0) is 44.8 Å². The Balaban J connectivity index is 0.00000243. The molecule has 3 rings (SSSR count).